The van der Waals surface area contributed by atoms with Crippen molar-refractivity contribution in [1.82, 2.24) is 5.32 Å². The van der Waals surface area contributed by atoms with Gasteiger partial charge in [-0.3, -0.25) is 4.79 Å². The molecule has 0 saturated heterocycles. The van der Waals surface area contributed by atoms with Crippen LogP contribution in [-0.2, 0) is 9.53 Å². The molecule has 2 aromatic carbocycles. The summed E-state index contributed by atoms with van der Waals surface area (Å²) in [6, 6.07) is 15.9. The Bertz CT molecular complexity index is 749. The quantitative estimate of drug-likeness (QED) is 0.678. The second-order valence-corrected chi connectivity index (χ2v) is 5.04. The van der Waals surface area contributed by atoms with Crippen LogP contribution in [0, 0.1) is 0 Å². The zero-order chi connectivity index (χ0) is 17.5. The predicted molar refractivity (Wildman–Crippen MR) is 91.5 cm³/mol. The van der Waals surface area contributed by atoms with Crippen LogP contribution in [0.2, 0.25) is 0 Å². The molecule has 0 aromatic heterocycles. The average Bonchev–Trinajstić information content (AvgIpc) is 2.65. The lowest BCUT2D eigenvalue weighted by atomic mass is 10.0. The Kier molecular flexibility index (Phi) is 5.73. The van der Waals surface area contributed by atoms with Crippen molar-refractivity contribution in [2.24, 2.45) is 0 Å². The third-order valence-corrected chi connectivity index (χ3v) is 3.56. The summed E-state index contributed by atoms with van der Waals surface area (Å²) in [7, 11) is 2.86. The van der Waals surface area contributed by atoms with E-state index in [-0.39, 0.29) is 11.6 Å². The van der Waals surface area contributed by atoms with Crippen molar-refractivity contribution in [2.75, 3.05) is 14.2 Å². The third kappa shape index (κ3) is 4.01. The molecule has 2 rings (SSSR count). The van der Waals surface area contributed by atoms with Gasteiger partial charge < -0.3 is 14.8 Å². The van der Waals surface area contributed by atoms with Crippen molar-refractivity contribution >= 4 is 17.4 Å². The number of methoxy groups -OCH3 is 2. The number of hydrogen-bond donors (Lipinski definition) is 1. The SMILES string of the molecule is COC(=O)C(NC(=O)c1ccccc1)=C(C)c1ccc(OC)cc1. The minimum absolute atomic E-state index is 0.108. The highest BCUT2D eigenvalue weighted by atomic mass is 16.5. The first kappa shape index (κ1) is 17.3. The summed E-state index contributed by atoms with van der Waals surface area (Å²) >= 11 is 0. The number of benzene rings is 2. The fraction of sp³-hybridized carbons (Fsp3) is 0.158. The van der Waals surface area contributed by atoms with Gasteiger partial charge in [-0.25, -0.2) is 4.79 Å². The van der Waals surface area contributed by atoms with E-state index in [0.29, 0.717) is 16.9 Å². The molecule has 0 spiro atoms. The molecule has 1 amide bonds. The molecule has 0 heterocycles. The van der Waals surface area contributed by atoms with Crippen LogP contribution in [0.5, 0.6) is 5.75 Å². The zero-order valence-electron chi connectivity index (χ0n) is 13.8. The van der Waals surface area contributed by atoms with E-state index < -0.39 is 5.97 Å². The number of hydrogen-bond acceptors (Lipinski definition) is 4. The van der Waals surface area contributed by atoms with Crippen LogP contribution in [0.3, 0.4) is 0 Å². The maximum absolute atomic E-state index is 12.3. The highest BCUT2D eigenvalue weighted by Crippen LogP contribution is 2.21. The van der Waals surface area contributed by atoms with Crippen LogP contribution in [0.25, 0.3) is 5.57 Å². The standard InChI is InChI=1S/C19H19NO4/c1-13(14-9-11-16(23-2)12-10-14)17(19(22)24-3)20-18(21)15-7-5-4-6-8-15/h4-12H,1-3H3,(H,20,21). The summed E-state index contributed by atoms with van der Waals surface area (Å²) < 4.78 is 9.92. The summed E-state index contributed by atoms with van der Waals surface area (Å²) in [5.74, 6) is -0.268. The van der Waals surface area contributed by atoms with Gasteiger partial charge >= 0.3 is 5.97 Å². The minimum atomic E-state index is -0.604. The fourth-order valence-corrected chi connectivity index (χ4v) is 2.16. The number of ether oxygens (including phenoxy) is 2. The smallest absolute Gasteiger partial charge is 0.354 e. The van der Waals surface area contributed by atoms with E-state index in [1.54, 1.807) is 50.4 Å². The molecule has 24 heavy (non-hydrogen) atoms. The minimum Gasteiger partial charge on any atom is -0.497 e. The van der Waals surface area contributed by atoms with Gasteiger partial charge in [-0.1, -0.05) is 30.3 Å². The second kappa shape index (κ2) is 7.97. The van der Waals surface area contributed by atoms with Crippen molar-refractivity contribution in [3.05, 3.63) is 71.4 Å². The number of allylic oxidation sites excluding steroid dienone is 1. The lowest BCUT2D eigenvalue weighted by Gasteiger charge is -2.13. The van der Waals surface area contributed by atoms with Gasteiger partial charge in [0.15, 0.2) is 0 Å². The summed E-state index contributed by atoms with van der Waals surface area (Å²) in [6.45, 7) is 1.75. The maximum Gasteiger partial charge on any atom is 0.354 e. The molecule has 0 bridgehead atoms. The van der Waals surface area contributed by atoms with Gasteiger partial charge in [-0.15, -0.1) is 0 Å². The summed E-state index contributed by atoms with van der Waals surface area (Å²) in [5.41, 5.74) is 1.95. The van der Waals surface area contributed by atoms with E-state index in [1.807, 2.05) is 18.2 Å². The van der Waals surface area contributed by atoms with Gasteiger partial charge in [0.2, 0.25) is 0 Å². The van der Waals surface area contributed by atoms with Crippen LogP contribution in [0.1, 0.15) is 22.8 Å². The maximum atomic E-state index is 12.3. The highest BCUT2D eigenvalue weighted by Gasteiger charge is 2.18. The van der Waals surface area contributed by atoms with E-state index in [2.05, 4.69) is 5.32 Å². The largest absolute Gasteiger partial charge is 0.497 e. The van der Waals surface area contributed by atoms with Crippen LogP contribution in [0.4, 0.5) is 0 Å². The van der Waals surface area contributed by atoms with Gasteiger partial charge in [0.25, 0.3) is 5.91 Å². The number of amides is 1. The molecule has 1 N–H and O–H groups in total. The van der Waals surface area contributed by atoms with Gasteiger partial charge in [0.05, 0.1) is 14.2 Å². The van der Waals surface area contributed by atoms with Gasteiger partial charge in [-0.2, -0.15) is 0 Å². The molecular weight excluding hydrogens is 306 g/mol. The molecule has 0 aliphatic carbocycles. The van der Waals surface area contributed by atoms with Gasteiger partial charge in [-0.05, 0) is 42.3 Å². The van der Waals surface area contributed by atoms with Crippen molar-refractivity contribution in [3.8, 4) is 5.75 Å². The number of esters is 1. The van der Waals surface area contributed by atoms with Crippen LogP contribution < -0.4 is 10.1 Å². The molecule has 0 saturated carbocycles. The van der Waals surface area contributed by atoms with Crippen molar-refractivity contribution in [2.45, 2.75) is 6.92 Å². The van der Waals surface area contributed by atoms with Crippen LogP contribution in [0.15, 0.2) is 60.3 Å². The number of nitrogens with one attached hydrogen (secondary N) is 1. The van der Waals surface area contributed by atoms with Crippen molar-refractivity contribution in [1.29, 1.82) is 0 Å². The monoisotopic (exact) mass is 325 g/mol. The molecule has 0 aliphatic heterocycles. The molecule has 0 atom stereocenters. The van der Waals surface area contributed by atoms with E-state index in [0.717, 1.165) is 5.56 Å². The Hall–Kier alpha value is -3.08. The van der Waals surface area contributed by atoms with E-state index in [4.69, 9.17) is 9.47 Å². The van der Waals surface area contributed by atoms with E-state index in [9.17, 15) is 9.59 Å². The molecule has 0 unspecified atom stereocenters. The lowest BCUT2D eigenvalue weighted by molar-refractivity contribution is -0.136. The predicted octanol–water partition coefficient (Wildman–Crippen LogP) is 3.03. The van der Waals surface area contributed by atoms with Crippen LogP contribution >= 0.6 is 0 Å². The summed E-state index contributed by atoms with van der Waals surface area (Å²) in [5, 5.41) is 2.65. The first-order valence-electron chi connectivity index (χ1n) is 7.37. The van der Waals surface area contributed by atoms with Gasteiger partial charge in [0, 0.05) is 5.56 Å². The Morgan fingerprint density at radius 3 is 2.04 bits per heavy atom. The average molecular weight is 325 g/mol. The summed E-state index contributed by atoms with van der Waals surface area (Å²) in [4.78, 5) is 24.4. The molecule has 5 nitrogen and oxygen atoms in total. The Balaban J connectivity index is 2.35. The molecule has 0 aliphatic rings. The third-order valence-electron chi connectivity index (χ3n) is 3.56. The number of carbonyl (C=O) groups is 2. The lowest BCUT2D eigenvalue weighted by Crippen LogP contribution is -2.29. The first-order valence-corrected chi connectivity index (χ1v) is 7.37. The van der Waals surface area contributed by atoms with Crippen LogP contribution in [-0.4, -0.2) is 26.1 Å². The molecular formula is C19H19NO4. The molecule has 5 heteroatoms. The van der Waals surface area contributed by atoms with Gasteiger partial charge in [0.1, 0.15) is 11.4 Å². The second-order valence-electron chi connectivity index (χ2n) is 5.04. The number of rotatable bonds is 5. The number of carbonyl (C=O) groups excluding carboxylic acids is 2. The summed E-state index contributed by atoms with van der Waals surface area (Å²) in [6.07, 6.45) is 0. The molecule has 124 valence electrons. The van der Waals surface area contributed by atoms with Crippen molar-refractivity contribution < 1.29 is 19.1 Å². The van der Waals surface area contributed by atoms with E-state index in [1.165, 1.54) is 7.11 Å². The topological polar surface area (TPSA) is 64.6 Å². The Labute approximate surface area is 140 Å². The Morgan fingerprint density at radius 1 is 0.875 bits per heavy atom. The fourth-order valence-electron chi connectivity index (χ4n) is 2.16. The van der Waals surface area contributed by atoms with Crippen molar-refractivity contribution in [3.63, 3.8) is 0 Å². The first-order chi connectivity index (χ1) is 11.6. The molecule has 0 fully saturated rings. The normalized spacial score (nSPS) is 11.3. The zero-order valence-corrected chi connectivity index (χ0v) is 13.8. The Morgan fingerprint density at radius 2 is 1.50 bits per heavy atom. The molecule has 0 radical (unpaired) electrons. The van der Waals surface area contributed by atoms with E-state index >= 15 is 0 Å². The molecule has 2 aromatic rings. The highest BCUT2D eigenvalue weighted by molar-refractivity contribution is 6.05.